The van der Waals surface area contributed by atoms with Crippen LogP contribution in [0.3, 0.4) is 0 Å². The Bertz CT molecular complexity index is 1030. The lowest BCUT2D eigenvalue weighted by molar-refractivity contribution is 0.0409. The molecular weight excluding hydrogens is 497 g/mol. The second kappa shape index (κ2) is 14.6. The zero-order valence-electron chi connectivity index (χ0n) is 20.8. The van der Waals surface area contributed by atoms with Gasteiger partial charge in [0.2, 0.25) is 0 Å². The minimum absolute atomic E-state index is 0.115. The fourth-order valence-electron chi connectivity index (χ4n) is 4.33. The van der Waals surface area contributed by atoms with E-state index in [1.165, 1.54) is 0 Å². The van der Waals surface area contributed by atoms with Crippen molar-refractivity contribution >= 4 is 23.2 Å². The second-order valence-corrected chi connectivity index (χ2v) is 9.48. The van der Waals surface area contributed by atoms with Crippen LogP contribution in [0.15, 0.2) is 72.8 Å². The summed E-state index contributed by atoms with van der Waals surface area (Å²) >= 11 is 12.4. The third kappa shape index (κ3) is 8.20. The Morgan fingerprint density at radius 2 is 1.36 bits per heavy atom. The van der Waals surface area contributed by atoms with Crippen LogP contribution in [0.25, 0.3) is 0 Å². The average Bonchev–Trinajstić information content (AvgIpc) is 2.87. The fraction of sp³-hybridized carbons (Fsp3) is 0.379. The van der Waals surface area contributed by atoms with Gasteiger partial charge in [0.25, 0.3) is 0 Å². The van der Waals surface area contributed by atoms with Gasteiger partial charge in [0.05, 0.1) is 18.8 Å². The molecule has 3 atom stereocenters. The van der Waals surface area contributed by atoms with Gasteiger partial charge in [-0.25, -0.2) is 0 Å². The number of para-hydroxylation sites is 1. The topological polar surface area (TPSA) is 62.2 Å². The summed E-state index contributed by atoms with van der Waals surface area (Å²) in [4.78, 5) is 2.10. The van der Waals surface area contributed by atoms with Crippen LogP contribution < -0.4 is 4.74 Å². The van der Waals surface area contributed by atoms with Crippen LogP contribution in [0.5, 0.6) is 5.75 Å². The Hall–Kier alpha value is -2.12. The Morgan fingerprint density at radius 3 is 1.89 bits per heavy atom. The number of aliphatic hydroxyl groups excluding tert-OH is 2. The van der Waals surface area contributed by atoms with E-state index in [9.17, 15) is 10.2 Å². The summed E-state index contributed by atoms with van der Waals surface area (Å²) in [6.07, 6.45) is -0.846. The molecule has 3 aromatic carbocycles. The lowest BCUT2D eigenvalue weighted by Crippen LogP contribution is -2.36. The van der Waals surface area contributed by atoms with Crippen molar-refractivity contribution in [3.63, 3.8) is 0 Å². The van der Waals surface area contributed by atoms with Gasteiger partial charge in [-0.15, -0.1) is 0 Å². The summed E-state index contributed by atoms with van der Waals surface area (Å²) in [5.74, 6) is 0.767. The number of hydrogen-bond acceptors (Lipinski definition) is 5. The molecule has 0 aliphatic heterocycles. The monoisotopic (exact) mass is 531 g/mol. The highest BCUT2D eigenvalue weighted by atomic mass is 35.5. The normalized spacial score (nSPS) is 14.0. The summed E-state index contributed by atoms with van der Waals surface area (Å²) < 4.78 is 11.5. The quantitative estimate of drug-likeness (QED) is 0.228. The minimum atomic E-state index is -0.796. The third-order valence-corrected chi connectivity index (χ3v) is 6.55. The van der Waals surface area contributed by atoms with Crippen LogP contribution in [-0.4, -0.2) is 48.0 Å². The maximum atomic E-state index is 11.2. The van der Waals surface area contributed by atoms with E-state index in [1.807, 2.05) is 55.5 Å². The lowest BCUT2D eigenvalue weighted by Gasteiger charge is -2.35. The smallest absolute Gasteiger partial charge is 0.124 e. The molecule has 0 radical (unpaired) electrons. The summed E-state index contributed by atoms with van der Waals surface area (Å²) in [5.41, 5.74) is 2.44. The molecule has 0 amide bonds. The zero-order valence-corrected chi connectivity index (χ0v) is 22.3. The molecule has 7 heteroatoms. The molecule has 2 N–H and O–H groups in total. The first-order chi connectivity index (χ1) is 17.4. The van der Waals surface area contributed by atoms with Crippen LogP contribution in [0, 0.1) is 0 Å². The number of hydrogen-bond donors (Lipinski definition) is 2. The van der Waals surface area contributed by atoms with E-state index < -0.39 is 12.2 Å². The Morgan fingerprint density at radius 1 is 0.778 bits per heavy atom. The van der Waals surface area contributed by atoms with Crippen molar-refractivity contribution in [2.75, 3.05) is 32.9 Å². The summed E-state index contributed by atoms with van der Waals surface area (Å²) in [6, 6.07) is 22.2. The first-order valence-corrected chi connectivity index (χ1v) is 13.1. The van der Waals surface area contributed by atoms with Gasteiger partial charge in [-0.1, -0.05) is 72.6 Å². The van der Waals surface area contributed by atoms with E-state index in [0.29, 0.717) is 43.0 Å². The van der Waals surface area contributed by atoms with Crippen molar-refractivity contribution in [1.82, 2.24) is 4.90 Å². The first-order valence-electron chi connectivity index (χ1n) is 12.3. The fourth-order valence-corrected chi connectivity index (χ4v) is 4.73. The SMILES string of the molecule is CCOCCOc1ccccc1C(CC)N(CC(O)c1cccc(Cl)c1)CC(O)c1cccc(Cl)c1. The zero-order chi connectivity index (χ0) is 25.9. The van der Waals surface area contributed by atoms with Crippen LogP contribution in [0.2, 0.25) is 10.0 Å². The molecule has 0 bridgehead atoms. The van der Waals surface area contributed by atoms with Crippen molar-refractivity contribution in [3.8, 4) is 5.75 Å². The molecule has 5 nitrogen and oxygen atoms in total. The van der Waals surface area contributed by atoms with Crippen molar-refractivity contribution in [2.24, 2.45) is 0 Å². The molecule has 3 aromatic rings. The largest absolute Gasteiger partial charge is 0.491 e. The predicted molar refractivity (Wildman–Crippen MR) is 146 cm³/mol. The van der Waals surface area contributed by atoms with E-state index in [1.54, 1.807) is 24.3 Å². The van der Waals surface area contributed by atoms with Crippen LogP contribution in [0.4, 0.5) is 0 Å². The van der Waals surface area contributed by atoms with E-state index in [-0.39, 0.29) is 6.04 Å². The molecule has 0 aromatic heterocycles. The highest BCUT2D eigenvalue weighted by Gasteiger charge is 2.27. The van der Waals surface area contributed by atoms with E-state index in [2.05, 4.69) is 11.8 Å². The molecule has 0 heterocycles. The minimum Gasteiger partial charge on any atom is -0.491 e. The van der Waals surface area contributed by atoms with E-state index >= 15 is 0 Å². The first kappa shape index (κ1) is 28.5. The maximum absolute atomic E-state index is 11.2. The second-order valence-electron chi connectivity index (χ2n) is 8.60. The number of rotatable bonds is 14. The van der Waals surface area contributed by atoms with E-state index in [4.69, 9.17) is 32.7 Å². The number of halogens is 2. The molecule has 194 valence electrons. The highest BCUT2D eigenvalue weighted by Crippen LogP contribution is 2.35. The van der Waals surface area contributed by atoms with Gasteiger partial charge in [-0.2, -0.15) is 0 Å². The van der Waals surface area contributed by atoms with Gasteiger partial charge < -0.3 is 19.7 Å². The van der Waals surface area contributed by atoms with Gasteiger partial charge in [0.1, 0.15) is 12.4 Å². The van der Waals surface area contributed by atoms with Gasteiger partial charge in [-0.05, 0) is 54.8 Å². The number of aliphatic hydroxyl groups is 2. The standard InChI is InChI=1S/C29H35Cl2NO4/c1-3-26(25-13-5-6-14-29(25)36-16-15-35-4-2)32(19-27(33)21-9-7-11-23(30)17-21)20-28(34)22-10-8-12-24(31)18-22/h5-14,17-18,26-28,33-34H,3-4,15-16,19-20H2,1-2H3. The molecule has 0 spiro atoms. The molecule has 0 aliphatic carbocycles. The molecule has 3 rings (SSSR count). The van der Waals surface area contributed by atoms with Crippen LogP contribution in [0.1, 0.15) is 55.2 Å². The molecule has 36 heavy (non-hydrogen) atoms. The summed E-state index contributed by atoms with van der Waals surface area (Å²) in [7, 11) is 0. The van der Waals surface area contributed by atoms with Crippen molar-refractivity contribution in [3.05, 3.63) is 99.5 Å². The van der Waals surface area contributed by atoms with Gasteiger partial charge in [-0.3, -0.25) is 4.90 Å². The van der Waals surface area contributed by atoms with Crippen molar-refractivity contribution in [2.45, 2.75) is 38.5 Å². The lowest BCUT2D eigenvalue weighted by atomic mass is 9.98. The van der Waals surface area contributed by atoms with Crippen LogP contribution in [-0.2, 0) is 4.74 Å². The van der Waals surface area contributed by atoms with Gasteiger partial charge in [0, 0.05) is 41.3 Å². The Kier molecular flexibility index (Phi) is 11.5. The molecule has 0 saturated heterocycles. The Balaban J connectivity index is 1.90. The van der Waals surface area contributed by atoms with Gasteiger partial charge >= 0.3 is 0 Å². The number of ether oxygens (including phenoxy) is 2. The van der Waals surface area contributed by atoms with E-state index in [0.717, 1.165) is 28.9 Å². The third-order valence-electron chi connectivity index (χ3n) is 6.08. The molecule has 0 fully saturated rings. The molecule has 3 unspecified atom stereocenters. The molecule has 0 aliphatic rings. The number of benzene rings is 3. The maximum Gasteiger partial charge on any atom is 0.124 e. The predicted octanol–water partition coefficient (Wildman–Crippen LogP) is 6.63. The summed E-state index contributed by atoms with van der Waals surface area (Å²) in [5, 5.41) is 23.4. The van der Waals surface area contributed by atoms with Crippen molar-refractivity contribution < 1.29 is 19.7 Å². The Labute approximate surface area is 224 Å². The van der Waals surface area contributed by atoms with Crippen molar-refractivity contribution in [1.29, 1.82) is 0 Å². The molecule has 0 saturated carbocycles. The van der Waals surface area contributed by atoms with Crippen LogP contribution >= 0.6 is 23.2 Å². The molecular formula is C29H35Cl2NO4. The summed E-state index contributed by atoms with van der Waals surface area (Å²) in [6.45, 7) is 6.22. The number of nitrogens with zero attached hydrogens (tertiary/aromatic N) is 1. The average molecular weight is 533 g/mol. The van der Waals surface area contributed by atoms with Gasteiger partial charge in [0.15, 0.2) is 0 Å². The highest BCUT2D eigenvalue weighted by molar-refractivity contribution is 6.30.